The Balaban J connectivity index is 1.26. The van der Waals surface area contributed by atoms with Gasteiger partial charge in [-0.05, 0) is 30.2 Å². The van der Waals surface area contributed by atoms with Crippen LogP contribution in [0.5, 0.6) is 0 Å². The van der Waals surface area contributed by atoms with E-state index in [1.54, 1.807) is 0 Å². The molecule has 0 radical (unpaired) electrons. The third-order valence-corrected chi connectivity index (χ3v) is 4.89. The molecular formula is C22H23N5O2. The first-order valence-corrected chi connectivity index (χ1v) is 9.73. The molecule has 0 saturated heterocycles. The fraction of sp³-hybridized carbons (Fsp3) is 0.273. The van der Waals surface area contributed by atoms with Gasteiger partial charge in [-0.2, -0.15) is 5.10 Å². The Morgan fingerprint density at radius 2 is 1.97 bits per heavy atom. The van der Waals surface area contributed by atoms with Crippen molar-refractivity contribution in [3.63, 3.8) is 0 Å². The van der Waals surface area contributed by atoms with E-state index in [-0.39, 0.29) is 24.7 Å². The Morgan fingerprint density at radius 3 is 2.79 bits per heavy atom. The van der Waals surface area contributed by atoms with E-state index in [0.717, 1.165) is 34.6 Å². The smallest absolute Gasteiger partial charge is 0.243 e. The van der Waals surface area contributed by atoms with E-state index >= 15 is 0 Å². The largest absolute Gasteiger partial charge is 0.350 e. The summed E-state index contributed by atoms with van der Waals surface area (Å²) in [6.07, 6.45) is 4.85. The predicted molar refractivity (Wildman–Crippen MR) is 110 cm³/mol. The van der Waals surface area contributed by atoms with Crippen molar-refractivity contribution < 1.29 is 9.59 Å². The van der Waals surface area contributed by atoms with Gasteiger partial charge in [-0.1, -0.05) is 30.3 Å². The number of imidazole rings is 1. The maximum atomic E-state index is 12.4. The summed E-state index contributed by atoms with van der Waals surface area (Å²) < 4.78 is 1.92. The van der Waals surface area contributed by atoms with Crippen LogP contribution in [0, 0.1) is 6.92 Å². The lowest BCUT2D eigenvalue weighted by Gasteiger charge is -2.11. The van der Waals surface area contributed by atoms with Gasteiger partial charge in [-0.15, -0.1) is 0 Å². The summed E-state index contributed by atoms with van der Waals surface area (Å²) in [6, 6.07) is 13.8. The summed E-state index contributed by atoms with van der Waals surface area (Å²) in [4.78, 5) is 29.0. The van der Waals surface area contributed by atoms with E-state index in [4.69, 9.17) is 0 Å². The highest BCUT2D eigenvalue weighted by molar-refractivity contribution is 6.02. The number of nitrogens with zero attached hydrogens (tertiary/aromatic N) is 4. The van der Waals surface area contributed by atoms with Gasteiger partial charge >= 0.3 is 0 Å². The predicted octanol–water partition coefficient (Wildman–Crippen LogP) is 2.68. The van der Waals surface area contributed by atoms with Crippen LogP contribution in [0.4, 0.5) is 0 Å². The van der Waals surface area contributed by atoms with Crippen molar-refractivity contribution in [2.45, 2.75) is 32.7 Å². The van der Waals surface area contributed by atoms with E-state index < -0.39 is 0 Å². The molecule has 3 heterocycles. The molecule has 0 saturated carbocycles. The van der Waals surface area contributed by atoms with Crippen molar-refractivity contribution in [1.29, 1.82) is 0 Å². The van der Waals surface area contributed by atoms with Gasteiger partial charge in [0.05, 0.1) is 24.5 Å². The Hall–Kier alpha value is -3.48. The van der Waals surface area contributed by atoms with Crippen molar-refractivity contribution in [3.05, 3.63) is 71.7 Å². The van der Waals surface area contributed by atoms with Crippen molar-refractivity contribution in [1.82, 2.24) is 19.7 Å². The van der Waals surface area contributed by atoms with E-state index in [1.807, 2.05) is 66.2 Å². The van der Waals surface area contributed by atoms with Crippen molar-refractivity contribution >= 4 is 23.2 Å². The molecule has 0 spiro atoms. The number of benzene rings is 1. The standard InChI is InChI=1S/C22H23N5O2/c1-16-9-11-26-15-18(24-20(26)13-16)14-23-21(28)7-8-22(29)27-12-10-19(25-27)17-5-3-2-4-6-17/h2-6,9,11,13,15H,7-8,10,12,14H2,1H3,(H,23,28). The minimum Gasteiger partial charge on any atom is -0.350 e. The molecule has 0 bridgehead atoms. The molecule has 0 unspecified atom stereocenters. The van der Waals surface area contributed by atoms with Crippen molar-refractivity contribution in [2.24, 2.45) is 5.10 Å². The maximum Gasteiger partial charge on any atom is 0.243 e. The van der Waals surface area contributed by atoms with Crippen LogP contribution in [0.25, 0.3) is 5.65 Å². The number of nitrogens with one attached hydrogen (secondary N) is 1. The topological polar surface area (TPSA) is 79.1 Å². The summed E-state index contributed by atoms with van der Waals surface area (Å²) in [5, 5.41) is 8.72. The molecule has 3 aromatic rings. The lowest BCUT2D eigenvalue weighted by Crippen LogP contribution is -2.27. The van der Waals surface area contributed by atoms with Crippen LogP contribution in [0.15, 0.2) is 60.0 Å². The van der Waals surface area contributed by atoms with Gasteiger partial charge in [0.25, 0.3) is 0 Å². The molecule has 1 aromatic carbocycles. The highest BCUT2D eigenvalue weighted by Crippen LogP contribution is 2.15. The molecule has 1 aliphatic heterocycles. The summed E-state index contributed by atoms with van der Waals surface area (Å²) in [7, 11) is 0. The fourth-order valence-corrected chi connectivity index (χ4v) is 3.32. The van der Waals surface area contributed by atoms with Crippen molar-refractivity contribution in [2.75, 3.05) is 6.54 Å². The van der Waals surface area contributed by atoms with Gasteiger partial charge in [-0.25, -0.2) is 9.99 Å². The van der Waals surface area contributed by atoms with Gasteiger partial charge in [-0.3, -0.25) is 9.59 Å². The van der Waals surface area contributed by atoms with Crippen molar-refractivity contribution in [3.8, 4) is 0 Å². The third kappa shape index (κ3) is 4.51. The summed E-state index contributed by atoms with van der Waals surface area (Å²) >= 11 is 0. The number of hydrogen-bond acceptors (Lipinski definition) is 4. The van der Waals surface area contributed by atoms with Gasteiger partial charge < -0.3 is 9.72 Å². The first-order valence-electron chi connectivity index (χ1n) is 9.73. The molecule has 148 valence electrons. The van der Waals surface area contributed by atoms with E-state index in [1.165, 1.54) is 5.01 Å². The normalized spacial score (nSPS) is 13.6. The average molecular weight is 389 g/mol. The second kappa shape index (κ2) is 8.26. The molecule has 7 nitrogen and oxygen atoms in total. The number of hydrazone groups is 1. The highest BCUT2D eigenvalue weighted by atomic mass is 16.2. The van der Waals surface area contributed by atoms with Crippen LogP contribution in [-0.2, 0) is 16.1 Å². The quantitative estimate of drug-likeness (QED) is 0.704. The Labute approximate surface area is 169 Å². The Morgan fingerprint density at radius 1 is 1.14 bits per heavy atom. The minimum atomic E-state index is -0.168. The van der Waals surface area contributed by atoms with Crippen LogP contribution in [0.2, 0.25) is 0 Å². The number of amides is 2. The summed E-state index contributed by atoms with van der Waals surface area (Å²) in [5.74, 6) is -0.299. The molecular weight excluding hydrogens is 366 g/mol. The molecule has 29 heavy (non-hydrogen) atoms. The zero-order valence-corrected chi connectivity index (χ0v) is 16.3. The third-order valence-electron chi connectivity index (χ3n) is 4.89. The first kappa shape index (κ1) is 18.9. The lowest BCUT2D eigenvalue weighted by atomic mass is 10.1. The average Bonchev–Trinajstić information content (AvgIpc) is 3.38. The van der Waals surface area contributed by atoms with E-state index in [0.29, 0.717) is 13.1 Å². The first-order chi connectivity index (χ1) is 14.1. The van der Waals surface area contributed by atoms with Gasteiger partial charge in [0.1, 0.15) is 5.65 Å². The molecule has 4 rings (SSSR count). The molecule has 7 heteroatoms. The Kier molecular flexibility index (Phi) is 5.37. The van der Waals surface area contributed by atoms with E-state index in [9.17, 15) is 9.59 Å². The number of aryl methyl sites for hydroxylation is 1. The van der Waals surface area contributed by atoms with Crippen LogP contribution >= 0.6 is 0 Å². The summed E-state index contributed by atoms with van der Waals surface area (Å²) in [5.41, 5.74) is 4.71. The number of carbonyl (C=O) groups excluding carboxylic acids is 2. The van der Waals surface area contributed by atoms with E-state index in [2.05, 4.69) is 15.4 Å². The highest BCUT2D eigenvalue weighted by Gasteiger charge is 2.21. The number of pyridine rings is 1. The fourth-order valence-electron chi connectivity index (χ4n) is 3.32. The van der Waals surface area contributed by atoms with Gasteiger partial charge in [0.15, 0.2) is 0 Å². The number of carbonyl (C=O) groups is 2. The maximum absolute atomic E-state index is 12.4. The minimum absolute atomic E-state index is 0.130. The van der Waals surface area contributed by atoms with Crippen LogP contribution in [0.3, 0.4) is 0 Å². The molecule has 1 N–H and O–H groups in total. The van der Waals surface area contributed by atoms with Crippen LogP contribution < -0.4 is 5.32 Å². The zero-order chi connectivity index (χ0) is 20.2. The lowest BCUT2D eigenvalue weighted by molar-refractivity contribution is -0.133. The number of rotatable bonds is 6. The summed E-state index contributed by atoms with van der Waals surface area (Å²) in [6.45, 7) is 2.92. The Bertz CT molecular complexity index is 1070. The molecule has 0 atom stereocenters. The molecule has 0 aliphatic carbocycles. The molecule has 0 fully saturated rings. The molecule has 2 aromatic heterocycles. The molecule has 1 aliphatic rings. The van der Waals surface area contributed by atoms with Gasteiger partial charge in [0.2, 0.25) is 11.8 Å². The monoisotopic (exact) mass is 389 g/mol. The number of fused-ring (bicyclic) bond motifs is 1. The SMILES string of the molecule is Cc1ccn2cc(CNC(=O)CCC(=O)N3CCC(c4ccccc4)=N3)nc2c1. The molecule has 2 amide bonds. The van der Waals surface area contributed by atoms with Crippen LogP contribution in [0.1, 0.15) is 36.1 Å². The number of hydrogen-bond donors (Lipinski definition) is 1. The zero-order valence-electron chi connectivity index (χ0n) is 16.3. The van der Waals surface area contributed by atoms with Gasteiger partial charge in [0, 0.05) is 31.7 Å². The second-order valence-corrected chi connectivity index (χ2v) is 7.16. The number of aromatic nitrogens is 2. The second-order valence-electron chi connectivity index (χ2n) is 7.16. The van der Waals surface area contributed by atoms with Crippen LogP contribution in [-0.4, -0.2) is 38.5 Å².